The molecule has 0 aliphatic rings. The molecule has 0 fully saturated rings. The van der Waals surface area contributed by atoms with Crippen LogP contribution in [0.1, 0.15) is 41.0 Å². The van der Waals surface area contributed by atoms with Crippen LogP contribution in [0.3, 0.4) is 0 Å². The molecule has 4 heteroatoms. The van der Waals surface area contributed by atoms with Crippen molar-refractivity contribution in [1.29, 1.82) is 0 Å². The number of hydrogen-bond acceptors (Lipinski definition) is 4. The summed E-state index contributed by atoms with van der Waals surface area (Å²) in [6, 6.07) is 6.07. The van der Waals surface area contributed by atoms with E-state index < -0.39 is 11.9 Å². The quantitative estimate of drug-likeness (QED) is 0.629. The standard InChI is InChI=1S/C17H16O4/c1-3-5-6-7-8-13-21-17(19)15-11-9-14(10-12-15)16(18)20-4-2/h9-12H,3-4,13H2,1-2H3. The molecule has 4 nitrogen and oxygen atoms in total. The van der Waals surface area contributed by atoms with Gasteiger partial charge in [0.1, 0.15) is 0 Å². The van der Waals surface area contributed by atoms with E-state index in [1.807, 2.05) is 6.92 Å². The summed E-state index contributed by atoms with van der Waals surface area (Å²) in [5.74, 6) is 9.71. The van der Waals surface area contributed by atoms with E-state index in [1.54, 1.807) is 6.92 Å². The number of carbonyl (C=O) groups is 2. The first-order chi connectivity index (χ1) is 10.2. The molecule has 0 unspecified atom stereocenters. The van der Waals surface area contributed by atoms with Crippen LogP contribution in [0.15, 0.2) is 24.3 Å². The van der Waals surface area contributed by atoms with Crippen molar-refractivity contribution in [1.82, 2.24) is 0 Å². The third-order valence-corrected chi connectivity index (χ3v) is 2.32. The lowest BCUT2D eigenvalue weighted by Gasteiger charge is -2.03. The Labute approximate surface area is 124 Å². The minimum absolute atomic E-state index is 0.0170. The molecule has 0 aromatic heterocycles. The van der Waals surface area contributed by atoms with E-state index >= 15 is 0 Å². The van der Waals surface area contributed by atoms with Crippen LogP contribution in [0.2, 0.25) is 0 Å². The average molecular weight is 284 g/mol. The summed E-state index contributed by atoms with van der Waals surface area (Å²) in [5.41, 5.74) is 0.743. The summed E-state index contributed by atoms with van der Waals surface area (Å²) >= 11 is 0. The van der Waals surface area contributed by atoms with Gasteiger partial charge in [0, 0.05) is 6.42 Å². The molecular formula is C17H16O4. The lowest BCUT2D eigenvalue weighted by molar-refractivity contribution is 0.0520. The summed E-state index contributed by atoms with van der Waals surface area (Å²) in [6.07, 6.45) is 0.737. The van der Waals surface area contributed by atoms with E-state index in [2.05, 4.69) is 23.7 Å². The summed E-state index contributed by atoms with van der Waals surface area (Å²) in [7, 11) is 0. The molecule has 1 aromatic rings. The maximum absolute atomic E-state index is 11.7. The molecule has 0 heterocycles. The van der Waals surface area contributed by atoms with E-state index in [0.717, 1.165) is 6.42 Å². The van der Waals surface area contributed by atoms with E-state index in [4.69, 9.17) is 9.47 Å². The summed E-state index contributed by atoms with van der Waals surface area (Å²) < 4.78 is 9.81. The predicted octanol–water partition coefficient (Wildman–Crippen LogP) is 2.44. The Hall–Kier alpha value is -2.72. The monoisotopic (exact) mass is 284 g/mol. The second kappa shape index (κ2) is 9.23. The molecule has 1 aromatic carbocycles. The third kappa shape index (κ3) is 5.84. The minimum Gasteiger partial charge on any atom is -0.462 e. The van der Waals surface area contributed by atoms with Crippen molar-refractivity contribution >= 4 is 11.9 Å². The average Bonchev–Trinajstić information content (AvgIpc) is 2.51. The fourth-order valence-corrected chi connectivity index (χ4v) is 1.35. The highest BCUT2D eigenvalue weighted by molar-refractivity contribution is 5.93. The van der Waals surface area contributed by atoms with Crippen molar-refractivity contribution in [3.8, 4) is 23.7 Å². The molecule has 0 N–H and O–H groups in total. The molecule has 0 spiro atoms. The molecule has 0 atom stereocenters. The van der Waals surface area contributed by atoms with Crippen LogP contribution in [0.5, 0.6) is 0 Å². The lowest BCUT2D eigenvalue weighted by atomic mass is 10.1. The van der Waals surface area contributed by atoms with Gasteiger partial charge in [-0.15, -0.1) is 0 Å². The predicted molar refractivity (Wildman–Crippen MR) is 78.5 cm³/mol. The van der Waals surface area contributed by atoms with Gasteiger partial charge in [0.25, 0.3) is 0 Å². The SMILES string of the molecule is CCC#CC#CCOC(=O)c1ccc(C(=O)OCC)cc1. The Morgan fingerprint density at radius 3 is 1.95 bits per heavy atom. The van der Waals surface area contributed by atoms with Crippen molar-refractivity contribution in [3.05, 3.63) is 35.4 Å². The summed E-state index contributed by atoms with van der Waals surface area (Å²) in [5, 5.41) is 0. The van der Waals surface area contributed by atoms with Gasteiger partial charge < -0.3 is 9.47 Å². The molecule has 0 bridgehead atoms. The highest BCUT2D eigenvalue weighted by Gasteiger charge is 2.09. The van der Waals surface area contributed by atoms with Crippen molar-refractivity contribution in [2.45, 2.75) is 20.3 Å². The largest absolute Gasteiger partial charge is 0.462 e. The van der Waals surface area contributed by atoms with Crippen LogP contribution in [0, 0.1) is 23.7 Å². The second-order valence-corrected chi connectivity index (χ2v) is 3.83. The van der Waals surface area contributed by atoms with Crippen molar-refractivity contribution in [3.63, 3.8) is 0 Å². The van der Waals surface area contributed by atoms with Crippen LogP contribution in [-0.2, 0) is 9.47 Å². The molecule has 0 saturated heterocycles. The molecule has 0 aliphatic carbocycles. The summed E-state index contributed by atoms with van der Waals surface area (Å²) in [4.78, 5) is 23.2. The van der Waals surface area contributed by atoms with Crippen LogP contribution in [0.25, 0.3) is 0 Å². The first-order valence-corrected chi connectivity index (χ1v) is 6.59. The van der Waals surface area contributed by atoms with Gasteiger partial charge in [-0.2, -0.15) is 0 Å². The number of rotatable bonds is 4. The van der Waals surface area contributed by atoms with Crippen LogP contribution < -0.4 is 0 Å². The van der Waals surface area contributed by atoms with Gasteiger partial charge in [-0.1, -0.05) is 12.8 Å². The van der Waals surface area contributed by atoms with Gasteiger partial charge >= 0.3 is 11.9 Å². The first kappa shape index (κ1) is 16.3. The van der Waals surface area contributed by atoms with E-state index in [1.165, 1.54) is 24.3 Å². The zero-order valence-electron chi connectivity index (χ0n) is 12.1. The highest BCUT2D eigenvalue weighted by atomic mass is 16.5. The third-order valence-electron chi connectivity index (χ3n) is 2.32. The second-order valence-electron chi connectivity index (χ2n) is 3.83. The van der Waals surface area contributed by atoms with Crippen molar-refractivity contribution in [2.24, 2.45) is 0 Å². The Morgan fingerprint density at radius 2 is 1.43 bits per heavy atom. The van der Waals surface area contributed by atoms with Gasteiger partial charge in [0.2, 0.25) is 0 Å². The Kier molecular flexibility index (Phi) is 7.18. The molecule has 0 saturated carbocycles. The zero-order chi connectivity index (χ0) is 15.5. The normalized spacial score (nSPS) is 8.67. The zero-order valence-corrected chi connectivity index (χ0v) is 12.1. The number of esters is 2. The van der Waals surface area contributed by atoms with Gasteiger partial charge in [-0.05, 0) is 49.0 Å². The van der Waals surface area contributed by atoms with Crippen molar-refractivity contribution < 1.29 is 19.1 Å². The molecule has 108 valence electrons. The van der Waals surface area contributed by atoms with Crippen LogP contribution >= 0.6 is 0 Å². The molecule has 0 aliphatic heterocycles. The van der Waals surface area contributed by atoms with Gasteiger partial charge in [0.05, 0.1) is 17.7 Å². The Morgan fingerprint density at radius 1 is 0.905 bits per heavy atom. The molecule has 0 amide bonds. The van der Waals surface area contributed by atoms with Gasteiger partial charge in [-0.25, -0.2) is 9.59 Å². The number of benzene rings is 1. The number of carbonyl (C=O) groups excluding carboxylic acids is 2. The van der Waals surface area contributed by atoms with Crippen LogP contribution in [0.4, 0.5) is 0 Å². The van der Waals surface area contributed by atoms with Gasteiger partial charge in [0.15, 0.2) is 6.61 Å². The maximum atomic E-state index is 11.7. The van der Waals surface area contributed by atoms with Gasteiger partial charge in [-0.3, -0.25) is 0 Å². The van der Waals surface area contributed by atoms with Crippen LogP contribution in [-0.4, -0.2) is 25.2 Å². The van der Waals surface area contributed by atoms with Crippen molar-refractivity contribution in [2.75, 3.05) is 13.2 Å². The molecule has 1 rings (SSSR count). The maximum Gasteiger partial charge on any atom is 0.339 e. The Balaban J connectivity index is 2.55. The molecule has 21 heavy (non-hydrogen) atoms. The van der Waals surface area contributed by atoms with E-state index in [9.17, 15) is 9.59 Å². The molecular weight excluding hydrogens is 268 g/mol. The Bertz CT molecular complexity index is 606. The lowest BCUT2D eigenvalue weighted by Crippen LogP contribution is -2.07. The fraction of sp³-hybridized carbons (Fsp3) is 0.294. The molecule has 0 radical (unpaired) electrons. The number of hydrogen-bond donors (Lipinski definition) is 0. The highest BCUT2D eigenvalue weighted by Crippen LogP contribution is 2.07. The smallest absolute Gasteiger partial charge is 0.339 e. The topological polar surface area (TPSA) is 52.6 Å². The first-order valence-electron chi connectivity index (χ1n) is 6.59. The summed E-state index contributed by atoms with van der Waals surface area (Å²) in [6.45, 7) is 3.95. The van der Waals surface area contributed by atoms with E-state index in [0.29, 0.717) is 17.7 Å². The minimum atomic E-state index is -0.497. The van der Waals surface area contributed by atoms with E-state index in [-0.39, 0.29) is 6.61 Å². The fourth-order valence-electron chi connectivity index (χ4n) is 1.35. The number of ether oxygens (including phenoxy) is 2.